The second-order valence-corrected chi connectivity index (χ2v) is 6.52. The van der Waals surface area contributed by atoms with Crippen molar-refractivity contribution in [2.75, 3.05) is 4.90 Å². The van der Waals surface area contributed by atoms with Crippen LogP contribution in [-0.4, -0.2) is 28.7 Å². The van der Waals surface area contributed by atoms with Crippen LogP contribution in [0.4, 0.5) is 11.4 Å². The van der Waals surface area contributed by atoms with E-state index in [9.17, 15) is 24.5 Å². The number of carbonyl (C=O) groups excluding carboxylic acids is 3. The standard InChI is InChI=1S/C18H15ClN4O5/c1-10-13(19)3-2-4-15(10)22-16(24)9-14(18(22)26)20-21-17(25)11-5-7-12(8-6-11)23(27)28/h2-8,14,20H,9H2,1H3,(H,21,25)/t14-/m1/s1. The van der Waals surface area contributed by atoms with Gasteiger partial charge in [0, 0.05) is 22.7 Å². The number of hydrazine groups is 1. The highest BCUT2D eigenvalue weighted by Crippen LogP contribution is 2.30. The van der Waals surface area contributed by atoms with Gasteiger partial charge in [0.2, 0.25) is 5.91 Å². The van der Waals surface area contributed by atoms with E-state index >= 15 is 0 Å². The number of nitro groups is 1. The van der Waals surface area contributed by atoms with Crippen LogP contribution in [0.5, 0.6) is 0 Å². The van der Waals surface area contributed by atoms with Crippen molar-refractivity contribution in [1.82, 2.24) is 10.9 Å². The number of nitro benzene ring substituents is 1. The van der Waals surface area contributed by atoms with Crippen LogP contribution in [0.2, 0.25) is 5.02 Å². The Hall–Kier alpha value is -3.30. The van der Waals surface area contributed by atoms with E-state index in [1.54, 1.807) is 25.1 Å². The smallest absolute Gasteiger partial charge is 0.269 e. The maximum absolute atomic E-state index is 12.6. The molecule has 0 bridgehead atoms. The number of non-ortho nitro benzene ring substituents is 1. The molecule has 3 rings (SSSR count). The molecule has 10 heteroatoms. The summed E-state index contributed by atoms with van der Waals surface area (Å²) in [6, 6.07) is 8.96. The average molecular weight is 403 g/mol. The molecule has 1 fully saturated rings. The summed E-state index contributed by atoms with van der Waals surface area (Å²) in [5.74, 6) is -1.52. The average Bonchev–Trinajstić information content (AvgIpc) is 2.95. The van der Waals surface area contributed by atoms with Crippen LogP contribution in [0.3, 0.4) is 0 Å². The van der Waals surface area contributed by atoms with Crippen molar-refractivity contribution < 1.29 is 19.3 Å². The Kier molecular flexibility index (Phi) is 5.39. The molecule has 28 heavy (non-hydrogen) atoms. The molecule has 1 atom stereocenters. The first-order chi connectivity index (χ1) is 13.3. The lowest BCUT2D eigenvalue weighted by atomic mass is 10.2. The maximum atomic E-state index is 12.6. The molecule has 1 aliphatic heterocycles. The van der Waals surface area contributed by atoms with Gasteiger partial charge in [0.25, 0.3) is 17.5 Å². The fourth-order valence-electron chi connectivity index (χ4n) is 2.80. The van der Waals surface area contributed by atoms with Gasteiger partial charge in [-0.15, -0.1) is 0 Å². The minimum Gasteiger partial charge on any atom is -0.287 e. The zero-order chi connectivity index (χ0) is 20.4. The molecule has 0 unspecified atom stereocenters. The predicted molar refractivity (Wildman–Crippen MR) is 101 cm³/mol. The summed E-state index contributed by atoms with van der Waals surface area (Å²) < 4.78 is 0. The van der Waals surface area contributed by atoms with Crippen LogP contribution in [0.25, 0.3) is 0 Å². The molecule has 0 radical (unpaired) electrons. The highest BCUT2D eigenvalue weighted by Gasteiger charge is 2.40. The van der Waals surface area contributed by atoms with Crippen molar-refractivity contribution in [1.29, 1.82) is 0 Å². The Balaban J connectivity index is 1.68. The number of benzene rings is 2. The van der Waals surface area contributed by atoms with Gasteiger partial charge in [-0.05, 0) is 36.8 Å². The predicted octanol–water partition coefficient (Wildman–Crippen LogP) is 2.12. The second-order valence-electron chi connectivity index (χ2n) is 6.11. The SMILES string of the molecule is Cc1c(Cl)cccc1N1C(=O)C[C@@H](NNC(=O)c2ccc([N+](=O)[O-])cc2)C1=O. The van der Waals surface area contributed by atoms with E-state index in [-0.39, 0.29) is 17.7 Å². The van der Waals surface area contributed by atoms with E-state index in [2.05, 4.69) is 10.9 Å². The Morgan fingerprint density at radius 3 is 2.54 bits per heavy atom. The first-order valence-corrected chi connectivity index (χ1v) is 8.59. The molecule has 2 N–H and O–H groups in total. The summed E-state index contributed by atoms with van der Waals surface area (Å²) in [7, 11) is 0. The van der Waals surface area contributed by atoms with Crippen LogP contribution in [0, 0.1) is 17.0 Å². The zero-order valence-corrected chi connectivity index (χ0v) is 15.4. The highest BCUT2D eigenvalue weighted by molar-refractivity contribution is 6.32. The van der Waals surface area contributed by atoms with Gasteiger partial charge >= 0.3 is 0 Å². The van der Waals surface area contributed by atoms with Gasteiger partial charge in [-0.1, -0.05) is 17.7 Å². The van der Waals surface area contributed by atoms with Crippen molar-refractivity contribution in [3.05, 3.63) is 68.7 Å². The van der Waals surface area contributed by atoms with E-state index in [1.807, 2.05) is 0 Å². The Morgan fingerprint density at radius 1 is 1.21 bits per heavy atom. The van der Waals surface area contributed by atoms with Gasteiger partial charge in [0.15, 0.2) is 0 Å². The molecule has 2 aromatic rings. The Labute approximate surface area is 164 Å². The van der Waals surface area contributed by atoms with Gasteiger partial charge in [-0.25, -0.2) is 10.3 Å². The lowest BCUT2D eigenvalue weighted by Gasteiger charge is -2.18. The zero-order valence-electron chi connectivity index (χ0n) is 14.6. The van der Waals surface area contributed by atoms with E-state index in [1.165, 1.54) is 24.3 Å². The van der Waals surface area contributed by atoms with Crippen molar-refractivity contribution in [3.63, 3.8) is 0 Å². The first kappa shape index (κ1) is 19.5. The Morgan fingerprint density at radius 2 is 1.89 bits per heavy atom. The lowest BCUT2D eigenvalue weighted by molar-refractivity contribution is -0.384. The van der Waals surface area contributed by atoms with Crippen molar-refractivity contribution in [2.24, 2.45) is 0 Å². The van der Waals surface area contributed by atoms with Crippen LogP contribution >= 0.6 is 11.6 Å². The summed E-state index contributed by atoms with van der Waals surface area (Å²) >= 11 is 6.06. The maximum Gasteiger partial charge on any atom is 0.269 e. The number of anilines is 1. The molecular weight excluding hydrogens is 388 g/mol. The van der Waals surface area contributed by atoms with E-state index in [0.29, 0.717) is 16.3 Å². The molecule has 3 amide bonds. The van der Waals surface area contributed by atoms with E-state index in [0.717, 1.165) is 4.90 Å². The van der Waals surface area contributed by atoms with Crippen LogP contribution in [-0.2, 0) is 9.59 Å². The monoisotopic (exact) mass is 402 g/mol. The number of hydrogen-bond donors (Lipinski definition) is 2. The molecule has 9 nitrogen and oxygen atoms in total. The third-order valence-electron chi connectivity index (χ3n) is 4.33. The first-order valence-electron chi connectivity index (χ1n) is 8.22. The van der Waals surface area contributed by atoms with Gasteiger partial charge in [0.05, 0.1) is 17.0 Å². The van der Waals surface area contributed by atoms with Gasteiger partial charge < -0.3 is 0 Å². The number of nitrogens with zero attached hydrogens (tertiary/aromatic N) is 2. The number of rotatable bonds is 5. The van der Waals surface area contributed by atoms with Crippen LogP contribution < -0.4 is 15.8 Å². The highest BCUT2D eigenvalue weighted by atomic mass is 35.5. The van der Waals surface area contributed by atoms with Crippen LogP contribution in [0.1, 0.15) is 22.3 Å². The summed E-state index contributed by atoms with van der Waals surface area (Å²) in [5, 5.41) is 11.1. The molecule has 2 aromatic carbocycles. The summed E-state index contributed by atoms with van der Waals surface area (Å²) in [6.07, 6.45) is -0.134. The van der Waals surface area contributed by atoms with Gasteiger partial charge in [0.1, 0.15) is 6.04 Å². The largest absolute Gasteiger partial charge is 0.287 e. The fourth-order valence-corrected chi connectivity index (χ4v) is 2.97. The van der Waals surface area contributed by atoms with E-state index < -0.39 is 28.7 Å². The molecular formula is C18H15ClN4O5. The summed E-state index contributed by atoms with van der Waals surface area (Å²) in [4.78, 5) is 48.2. The summed E-state index contributed by atoms with van der Waals surface area (Å²) in [6.45, 7) is 1.70. The molecule has 0 aliphatic carbocycles. The normalized spacial score (nSPS) is 16.4. The number of halogens is 1. The van der Waals surface area contributed by atoms with Gasteiger partial charge in [-0.2, -0.15) is 0 Å². The van der Waals surface area contributed by atoms with Crippen molar-refractivity contribution in [2.45, 2.75) is 19.4 Å². The molecule has 0 saturated carbocycles. The number of hydrogen-bond acceptors (Lipinski definition) is 6. The third-order valence-corrected chi connectivity index (χ3v) is 4.74. The van der Waals surface area contributed by atoms with Crippen molar-refractivity contribution >= 4 is 40.7 Å². The number of carbonyl (C=O) groups is 3. The van der Waals surface area contributed by atoms with Gasteiger partial charge in [-0.3, -0.25) is 29.9 Å². The minimum atomic E-state index is -0.937. The van der Waals surface area contributed by atoms with Crippen molar-refractivity contribution in [3.8, 4) is 0 Å². The Bertz CT molecular complexity index is 976. The molecule has 1 aliphatic rings. The lowest BCUT2D eigenvalue weighted by Crippen LogP contribution is -2.48. The quantitative estimate of drug-likeness (QED) is 0.449. The molecule has 1 heterocycles. The number of imide groups is 1. The topological polar surface area (TPSA) is 122 Å². The summed E-state index contributed by atoms with van der Waals surface area (Å²) in [5.41, 5.74) is 5.92. The number of amides is 3. The molecule has 0 spiro atoms. The van der Waals surface area contributed by atoms with Crippen LogP contribution in [0.15, 0.2) is 42.5 Å². The molecule has 144 valence electrons. The molecule has 1 saturated heterocycles. The second kappa shape index (κ2) is 7.75. The minimum absolute atomic E-state index is 0.134. The molecule has 0 aromatic heterocycles. The third kappa shape index (κ3) is 3.71. The fraction of sp³-hybridized carbons (Fsp3) is 0.167. The number of nitrogens with one attached hydrogen (secondary N) is 2. The van der Waals surface area contributed by atoms with E-state index in [4.69, 9.17) is 11.6 Å².